The second kappa shape index (κ2) is 6.44. The van der Waals surface area contributed by atoms with E-state index in [1.54, 1.807) is 12.1 Å². The first-order valence-corrected chi connectivity index (χ1v) is 7.54. The van der Waals surface area contributed by atoms with Crippen molar-refractivity contribution in [3.63, 3.8) is 0 Å². The maximum atomic E-state index is 11.1. The first-order chi connectivity index (χ1) is 9.51. The molecule has 0 amide bonds. The number of nitro benzene ring substituents is 1. The SMILES string of the molecule is CC1CCC(Oc2cc(CCl)ccc2[N+](=O)[O-])CC1C. The Morgan fingerprint density at radius 1 is 1.35 bits per heavy atom. The fraction of sp³-hybridized carbons (Fsp3) is 0.600. The number of halogens is 1. The van der Waals surface area contributed by atoms with Crippen molar-refractivity contribution in [3.8, 4) is 5.75 Å². The summed E-state index contributed by atoms with van der Waals surface area (Å²) in [5, 5.41) is 11.1. The van der Waals surface area contributed by atoms with Gasteiger partial charge >= 0.3 is 5.69 Å². The van der Waals surface area contributed by atoms with Crippen LogP contribution in [-0.4, -0.2) is 11.0 Å². The lowest BCUT2D eigenvalue weighted by Gasteiger charge is -2.32. The molecule has 1 aromatic carbocycles. The zero-order valence-electron chi connectivity index (χ0n) is 11.8. The van der Waals surface area contributed by atoms with Crippen molar-refractivity contribution >= 4 is 17.3 Å². The molecule has 0 radical (unpaired) electrons. The van der Waals surface area contributed by atoms with Crippen LogP contribution in [0.25, 0.3) is 0 Å². The standard InChI is InChI=1S/C15H20ClNO3/c1-10-3-5-13(7-11(10)2)20-15-8-12(9-16)4-6-14(15)17(18)19/h4,6,8,10-11,13H,3,5,7,9H2,1-2H3. The van der Waals surface area contributed by atoms with E-state index in [1.165, 1.54) is 6.07 Å². The molecule has 3 unspecified atom stereocenters. The summed E-state index contributed by atoms with van der Waals surface area (Å²) in [5.74, 6) is 1.95. The Bertz CT molecular complexity index is 492. The molecule has 0 spiro atoms. The van der Waals surface area contributed by atoms with Gasteiger partial charge in [-0.05, 0) is 42.7 Å². The van der Waals surface area contributed by atoms with Gasteiger partial charge < -0.3 is 4.74 Å². The number of hydrogen-bond acceptors (Lipinski definition) is 3. The Morgan fingerprint density at radius 2 is 2.10 bits per heavy atom. The molecule has 1 aliphatic carbocycles. The van der Waals surface area contributed by atoms with E-state index in [-0.39, 0.29) is 11.8 Å². The summed E-state index contributed by atoms with van der Waals surface area (Å²) in [7, 11) is 0. The Kier molecular flexibility index (Phi) is 4.86. The molecular formula is C15H20ClNO3. The second-order valence-electron chi connectivity index (χ2n) is 5.70. The van der Waals surface area contributed by atoms with E-state index >= 15 is 0 Å². The normalized spacial score (nSPS) is 26.2. The quantitative estimate of drug-likeness (QED) is 0.466. The first-order valence-electron chi connectivity index (χ1n) is 7.01. The molecule has 110 valence electrons. The predicted octanol–water partition coefficient (Wildman–Crippen LogP) is 4.54. The molecular weight excluding hydrogens is 278 g/mol. The van der Waals surface area contributed by atoms with Gasteiger partial charge in [0.2, 0.25) is 0 Å². The largest absolute Gasteiger partial charge is 0.483 e. The van der Waals surface area contributed by atoms with Gasteiger partial charge in [0, 0.05) is 11.9 Å². The third kappa shape index (κ3) is 3.42. The van der Waals surface area contributed by atoms with Crippen LogP contribution in [0.5, 0.6) is 5.75 Å². The molecule has 1 saturated carbocycles. The Balaban J connectivity index is 2.17. The van der Waals surface area contributed by atoms with Crippen molar-refractivity contribution in [1.29, 1.82) is 0 Å². The lowest BCUT2D eigenvalue weighted by atomic mass is 9.80. The van der Waals surface area contributed by atoms with Crippen LogP contribution in [0.4, 0.5) is 5.69 Å². The zero-order valence-corrected chi connectivity index (χ0v) is 12.6. The lowest BCUT2D eigenvalue weighted by molar-refractivity contribution is -0.386. The molecule has 0 N–H and O–H groups in total. The second-order valence-corrected chi connectivity index (χ2v) is 5.97. The molecule has 0 bridgehead atoms. The van der Waals surface area contributed by atoms with Crippen LogP contribution in [0.1, 0.15) is 38.7 Å². The summed E-state index contributed by atoms with van der Waals surface area (Å²) in [6.45, 7) is 4.46. The molecule has 1 fully saturated rings. The summed E-state index contributed by atoms with van der Waals surface area (Å²) in [5.41, 5.74) is 0.856. The number of rotatable bonds is 4. The lowest BCUT2D eigenvalue weighted by Crippen LogP contribution is -2.29. The van der Waals surface area contributed by atoms with Crippen LogP contribution < -0.4 is 4.74 Å². The smallest absolute Gasteiger partial charge is 0.310 e. The third-order valence-corrected chi connectivity index (χ3v) is 4.53. The van der Waals surface area contributed by atoms with Crippen LogP contribution in [0.15, 0.2) is 18.2 Å². The third-order valence-electron chi connectivity index (χ3n) is 4.22. The van der Waals surface area contributed by atoms with Gasteiger partial charge in [0.15, 0.2) is 5.75 Å². The van der Waals surface area contributed by atoms with Gasteiger partial charge in [-0.1, -0.05) is 19.9 Å². The van der Waals surface area contributed by atoms with Crippen LogP contribution in [0.3, 0.4) is 0 Å². The maximum Gasteiger partial charge on any atom is 0.310 e. The average Bonchev–Trinajstić information content (AvgIpc) is 2.42. The van der Waals surface area contributed by atoms with E-state index < -0.39 is 4.92 Å². The van der Waals surface area contributed by atoms with Gasteiger partial charge in [-0.2, -0.15) is 0 Å². The van der Waals surface area contributed by atoms with Crippen LogP contribution in [-0.2, 0) is 5.88 Å². The summed E-state index contributed by atoms with van der Waals surface area (Å²) in [6.07, 6.45) is 3.07. The van der Waals surface area contributed by atoms with Gasteiger partial charge in [0.1, 0.15) is 0 Å². The summed E-state index contributed by atoms with van der Waals surface area (Å²) in [6, 6.07) is 4.83. The van der Waals surface area contributed by atoms with Gasteiger partial charge in [-0.25, -0.2) is 0 Å². The predicted molar refractivity (Wildman–Crippen MR) is 79.2 cm³/mol. The highest BCUT2D eigenvalue weighted by atomic mass is 35.5. The molecule has 4 nitrogen and oxygen atoms in total. The number of hydrogen-bond donors (Lipinski definition) is 0. The summed E-state index contributed by atoms with van der Waals surface area (Å²) in [4.78, 5) is 10.7. The van der Waals surface area contributed by atoms with Crippen LogP contribution in [0.2, 0.25) is 0 Å². The first kappa shape index (κ1) is 15.1. The number of nitro groups is 1. The van der Waals surface area contributed by atoms with Crippen LogP contribution in [0, 0.1) is 22.0 Å². The van der Waals surface area contributed by atoms with Gasteiger partial charge in [0.05, 0.1) is 11.0 Å². The number of nitrogens with zero attached hydrogens (tertiary/aromatic N) is 1. The summed E-state index contributed by atoms with van der Waals surface area (Å²) >= 11 is 5.79. The summed E-state index contributed by atoms with van der Waals surface area (Å²) < 4.78 is 5.91. The molecule has 20 heavy (non-hydrogen) atoms. The highest BCUT2D eigenvalue weighted by molar-refractivity contribution is 6.17. The Morgan fingerprint density at radius 3 is 2.70 bits per heavy atom. The maximum absolute atomic E-state index is 11.1. The highest BCUT2D eigenvalue weighted by Gasteiger charge is 2.27. The molecule has 1 aliphatic rings. The van der Waals surface area contributed by atoms with E-state index in [2.05, 4.69) is 13.8 Å². The van der Waals surface area contributed by atoms with E-state index in [1.807, 2.05) is 0 Å². The van der Waals surface area contributed by atoms with Gasteiger partial charge in [0.25, 0.3) is 0 Å². The van der Waals surface area contributed by atoms with Crippen molar-refractivity contribution in [3.05, 3.63) is 33.9 Å². The average molecular weight is 298 g/mol. The molecule has 0 aliphatic heterocycles. The topological polar surface area (TPSA) is 52.4 Å². The Labute approximate surface area is 124 Å². The van der Waals surface area contributed by atoms with E-state index in [9.17, 15) is 10.1 Å². The van der Waals surface area contributed by atoms with E-state index in [0.717, 1.165) is 24.8 Å². The van der Waals surface area contributed by atoms with E-state index in [0.29, 0.717) is 23.5 Å². The molecule has 0 saturated heterocycles. The minimum atomic E-state index is -0.401. The molecule has 5 heteroatoms. The van der Waals surface area contributed by atoms with Gasteiger partial charge in [-0.3, -0.25) is 10.1 Å². The minimum absolute atomic E-state index is 0.0186. The molecule has 3 atom stereocenters. The number of ether oxygens (including phenoxy) is 1. The monoisotopic (exact) mass is 297 g/mol. The van der Waals surface area contributed by atoms with Crippen molar-refractivity contribution in [2.75, 3.05) is 0 Å². The van der Waals surface area contributed by atoms with Crippen molar-refractivity contribution in [2.24, 2.45) is 11.8 Å². The van der Waals surface area contributed by atoms with Crippen LogP contribution >= 0.6 is 11.6 Å². The zero-order chi connectivity index (χ0) is 14.7. The van der Waals surface area contributed by atoms with Crippen molar-refractivity contribution in [2.45, 2.75) is 45.1 Å². The Hall–Kier alpha value is -1.29. The van der Waals surface area contributed by atoms with E-state index in [4.69, 9.17) is 16.3 Å². The molecule has 0 aromatic heterocycles. The van der Waals surface area contributed by atoms with Crippen molar-refractivity contribution < 1.29 is 9.66 Å². The highest BCUT2D eigenvalue weighted by Crippen LogP contribution is 2.35. The fourth-order valence-corrected chi connectivity index (χ4v) is 2.84. The minimum Gasteiger partial charge on any atom is -0.483 e. The molecule has 2 rings (SSSR count). The van der Waals surface area contributed by atoms with Crippen molar-refractivity contribution in [1.82, 2.24) is 0 Å². The van der Waals surface area contributed by atoms with Gasteiger partial charge in [-0.15, -0.1) is 11.6 Å². The molecule has 0 heterocycles. The fourth-order valence-electron chi connectivity index (χ4n) is 2.67. The number of benzene rings is 1. The number of alkyl halides is 1. The molecule has 1 aromatic rings.